The summed E-state index contributed by atoms with van der Waals surface area (Å²) >= 11 is 6.23. The summed E-state index contributed by atoms with van der Waals surface area (Å²) < 4.78 is 28.2. The highest BCUT2D eigenvalue weighted by atomic mass is 35.5. The molecular formula is C27H34ClN7O5S. The second-order valence-electron chi connectivity index (χ2n) is 11.2. The summed E-state index contributed by atoms with van der Waals surface area (Å²) in [4.78, 5) is 24.8. The van der Waals surface area contributed by atoms with Crippen molar-refractivity contribution >= 4 is 50.5 Å². The number of likely N-dealkylation sites (tertiary alicyclic amines) is 1. The summed E-state index contributed by atoms with van der Waals surface area (Å²) in [6.45, 7) is 2.86. The highest BCUT2D eigenvalue weighted by Crippen LogP contribution is 2.36. The normalized spacial score (nSPS) is 20.9. The van der Waals surface area contributed by atoms with Crippen LogP contribution in [-0.4, -0.2) is 95.2 Å². The van der Waals surface area contributed by atoms with Crippen molar-refractivity contribution in [3.05, 3.63) is 46.6 Å². The number of anilines is 3. The minimum absolute atomic E-state index is 0.179. The van der Waals surface area contributed by atoms with E-state index in [2.05, 4.69) is 9.62 Å². The molecule has 0 aliphatic carbocycles. The van der Waals surface area contributed by atoms with E-state index >= 15 is 0 Å². The Morgan fingerprint density at radius 2 is 1.76 bits per heavy atom. The van der Waals surface area contributed by atoms with E-state index in [0.717, 1.165) is 30.7 Å². The van der Waals surface area contributed by atoms with Crippen LogP contribution in [0.5, 0.6) is 0 Å². The van der Waals surface area contributed by atoms with Crippen molar-refractivity contribution in [3.8, 4) is 0 Å². The van der Waals surface area contributed by atoms with E-state index < -0.39 is 10.0 Å². The Kier molecular flexibility index (Phi) is 7.47. The summed E-state index contributed by atoms with van der Waals surface area (Å²) in [5.74, 6) is 1.28. The van der Waals surface area contributed by atoms with Gasteiger partial charge in [0.1, 0.15) is 11.6 Å². The molecule has 5 heterocycles. The number of nitrogens with zero attached hydrogens (tertiary/aromatic N) is 6. The van der Waals surface area contributed by atoms with Crippen LogP contribution in [0.3, 0.4) is 0 Å². The number of carbonyl (C=O) groups is 1. The quantitative estimate of drug-likeness (QED) is 0.386. The molecule has 14 heteroatoms. The Morgan fingerprint density at radius 3 is 2.46 bits per heavy atom. The Hall–Kier alpha value is -3.13. The summed E-state index contributed by atoms with van der Waals surface area (Å²) in [6.07, 6.45) is 4.07. The predicted molar refractivity (Wildman–Crippen MR) is 156 cm³/mol. The van der Waals surface area contributed by atoms with Crippen LogP contribution in [0.15, 0.2) is 30.3 Å². The average Bonchev–Trinajstić information content (AvgIpc) is 3.35. The first kappa shape index (κ1) is 28.0. The maximum absolute atomic E-state index is 13.9. The van der Waals surface area contributed by atoms with E-state index in [4.69, 9.17) is 21.7 Å². The zero-order valence-electron chi connectivity index (χ0n) is 22.8. The maximum Gasteiger partial charge on any atom is 0.256 e. The second kappa shape index (κ2) is 10.9. The van der Waals surface area contributed by atoms with Gasteiger partial charge in [-0.3, -0.25) is 9.52 Å². The lowest BCUT2D eigenvalue weighted by atomic mass is 9.98. The molecule has 3 fully saturated rings. The number of aromatic nitrogens is 3. The van der Waals surface area contributed by atoms with Gasteiger partial charge in [0.25, 0.3) is 5.91 Å². The van der Waals surface area contributed by atoms with E-state index in [-0.39, 0.29) is 35.4 Å². The largest absolute Gasteiger partial charge is 0.393 e. The number of carbonyl (C=O) groups excluding carboxylic acids is 1. The van der Waals surface area contributed by atoms with Crippen molar-refractivity contribution in [1.82, 2.24) is 19.5 Å². The zero-order chi connectivity index (χ0) is 28.9. The standard InChI is InChI=1S/C27H34ClN7O5S/c1-41(39,40)31-21-6-5-17(28)12-20(21)27(38)34-9-3-2-4-23(34)22-13-25-29-24(33-15-19(37)16-33)14-26(35(25)30-22)32-10-7-18(36)8-11-32/h5-6,12-14,18-19,23,31,36-37H,2-4,7-11,15-16H2,1H3/t23-/m0/s1. The summed E-state index contributed by atoms with van der Waals surface area (Å²) in [5, 5.41) is 25.3. The molecule has 6 rings (SSSR count). The molecule has 0 unspecified atom stereocenters. The summed E-state index contributed by atoms with van der Waals surface area (Å²) in [5.41, 5.74) is 1.70. The number of aliphatic hydroxyl groups is 2. The number of halogens is 1. The van der Waals surface area contributed by atoms with Gasteiger partial charge in [0.15, 0.2) is 5.65 Å². The number of rotatable bonds is 6. The predicted octanol–water partition coefficient (Wildman–Crippen LogP) is 2.26. The smallest absolute Gasteiger partial charge is 0.256 e. The van der Waals surface area contributed by atoms with Crippen molar-refractivity contribution in [3.63, 3.8) is 0 Å². The van der Waals surface area contributed by atoms with Crippen LogP contribution in [0.4, 0.5) is 17.3 Å². The molecule has 0 saturated carbocycles. The van der Waals surface area contributed by atoms with Crippen LogP contribution in [0, 0.1) is 0 Å². The third-order valence-electron chi connectivity index (χ3n) is 8.00. The van der Waals surface area contributed by atoms with Gasteiger partial charge in [0, 0.05) is 49.9 Å². The van der Waals surface area contributed by atoms with Gasteiger partial charge in [0.2, 0.25) is 10.0 Å². The third kappa shape index (κ3) is 5.81. The lowest BCUT2D eigenvalue weighted by molar-refractivity contribution is 0.0607. The molecule has 3 aliphatic heterocycles. The number of fused-ring (bicyclic) bond motifs is 1. The number of sulfonamides is 1. The van der Waals surface area contributed by atoms with Crippen LogP contribution in [-0.2, 0) is 10.0 Å². The molecule has 1 amide bonds. The highest BCUT2D eigenvalue weighted by molar-refractivity contribution is 7.92. The van der Waals surface area contributed by atoms with Gasteiger partial charge in [-0.2, -0.15) is 9.61 Å². The zero-order valence-corrected chi connectivity index (χ0v) is 24.4. The fraction of sp³-hybridized carbons (Fsp3) is 0.519. The molecule has 2 aromatic heterocycles. The third-order valence-corrected chi connectivity index (χ3v) is 8.83. The minimum Gasteiger partial charge on any atom is -0.393 e. The maximum atomic E-state index is 13.9. The molecule has 12 nitrogen and oxygen atoms in total. The number of benzene rings is 1. The first-order valence-corrected chi connectivity index (χ1v) is 16.2. The van der Waals surface area contributed by atoms with Gasteiger partial charge in [-0.1, -0.05) is 11.6 Å². The first-order valence-electron chi connectivity index (χ1n) is 13.9. The molecule has 3 N–H and O–H groups in total. The Labute approximate surface area is 243 Å². The van der Waals surface area contributed by atoms with Crippen molar-refractivity contribution in [2.24, 2.45) is 0 Å². The molecule has 3 aromatic rings. The van der Waals surface area contributed by atoms with Crippen LogP contribution in [0.25, 0.3) is 5.65 Å². The van der Waals surface area contributed by atoms with Crippen LogP contribution < -0.4 is 14.5 Å². The fourth-order valence-corrected chi connectivity index (χ4v) is 6.62. The molecule has 0 spiro atoms. The Morgan fingerprint density at radius 1 is 1.00 bits per heavy atom. The van der Waals surface area contributed by atoms with Crippen LogP contribution in [0.1, 0.15) is 54.2 Å². The summed E-state index contributed by atoms with van der Waals surface area (Å²) in [7, 11) is -3.62. The van der Waals surface area contributed by atoms with Crippen LogP contribution >= 0.6 is 11.6 Å². The van der Waals surface area contributed by atoms with Gasteiger partial charge < -0.3 is 24.9 Å². The molecule has 1 atom stereocenters. The van der Waals surface area contributed by atoms with E-state index in [1.54, 1.807) is 15.5 Å². The SMILES string of the molecule is CS(=O)(=O)Nc1ccc(Cl)cc1C(=O)N1CCCC[C@H]1c1cc2nc(N3CC(O)C3)cc(N3CCC(O)CC3)n2n1. The Balaban J connectivity index is 1.38. The first-order chi connectivity index (χ1) is 19.6. The lowest BCUT2D eigenvalue weighted by Crippen LogP contribution is -2.51. The van der Waals surface area contributed by atoms with Gasteiger partial charge in [-0.25, -0.2) is 13.4 Å². The average molecular weight is 604 g/mol. The number of nitrogens with one attached hydrogen (secondary N) is 1. The van der Waals surface area contributed by atoms with Gasteiger partial charge in [-0.15, -0.1) is 0 Å². The molecule has 41 heavy (non-hydrogen) atoms. The number of amides is 1. The minimum atomic E-state index is -3.62. The monoisotopic (exact) mass is 603 g/mol. The van der Waals surface area contributed by atoms with E-state index in [1.165, 1.54) is 12.1 Å². The number of hydrogen-bond donors (Lipinski definition) is 3. The molecule has 3 aliphatic rings. The van der Waals surface area contributed by atoms with Gasteiger partial charge in [-0.05, 0) is 50.3 Å². The number of β-amino-alcohol motifs (C(OH)–C–C–N with tert-alkyl or cyclic N) is 1. The molecule has 1 aromatic carbocycles. The van der Waals surface area contributed by atoms with E-state index in [9.17, 15) is 23.4 Å². The highest BCUT2D eigenvalue weighted by Gasteiger charge is 2.34. The molecule has 0 bridgehead atoms. The molecular weight excluding hydrogens is 570 g/mol. The molecule has 3 saturated heterocycles. The second-order valence-corrected chi connectivity index (χ2v) is 13.3. The fourth-order valence-electron chi connectivity index (χ4n) is 5.87. The van der Waals surface area contributed by atoms with E-state index in [1.807, 2.05) is 17.0 Å². The number of piperidine rings is 2. The topological polar surface area (TPSA) is 144 Å². The number of hydrogen-bond acceptors (Lipinski definition) is 9. The number of aliphatic hydroxyl groups excluding tert-OH is 2. The van der Waals surface area contributed by atoms with Crippen molar-refractivity contribution in [1.29, 1.82) is 0 Å². The Bertz CT molecular complexity index is 1570. The summed E-state index contributed by atoms with van der Waals surface area (Å²) in [6, 6.07) is 8.08. The molecule has 0 radical (unpaired) electrons. The van der Waals surface area contributed by atoms with Crippen molar-refractivity contribution in [2.75, 3.05) is 53.5 Å². The molecule has 220 valence electrons. The lowest BCUT2D eigenvalue weighted by Gasteiger charge is -2.38. The van der Waals surface area contributed by atoms with Gasteiger partial charge >= 0.3 is 0 Å². The van der Waals surface area contributed by atoms with Gasteiger partial charge in [0.05, 0.1) is 41.5 Å². The van der Waals surface area contributed by atoms with E-state index in [0.29, 0.717) is 68.3 Å². The van der Waals surface area contributed by atoms with Crippen LogP contribution in [0.2, 0.25) is 5.02 Å². The van der Waals surface area contributed by atoms with Crippen molar-refractivity contribution in [2.45, 2.75) is 50.4 Å². The van der Waals surface area contributed by atoms with Crippen molar-refractivity contribution < 1.29 is 23.4 Å².